The number of aryl methyl sites for hydroxylation is 1. The van der Waals surface area contributed by atoms with Crippen molar-refractivity contribution >= 4 is 16.5 Å². The summed E-state index contributed by atoms with van der Waals surface area (Å²) in [5.41, 5.74) is 5.19. The number of nitriles is 1. The molecular formula is C22H22N2. The molecule has 0 fully saturated rings. The third-order valence-corrected chi connectivity index (χ3v) is 4.56. The zero-order valence-corrected chi connectivity index (χ0v) is 14.5. The molecule has 0 aliphatic rings. The summed E-state index contributed by atoms with van der Waals surface area (Å²) in [5.74, 6) is 0. The van der Waals surface area contributed by atoms with Crippen LogP contribution in [0.2, 0.25) is 0 Å². The number of fused-ring (bicyclic) bond motifs is 1. The van der Waals surface area contributed by atoms with Gasteiger partial charge >= 0.3 is 0 Å². The molecule has 3 rings (SSSR count). The van der Waals surface area contributed by atoms with Crippen LogP contribution in [0.5, 0.6) is 0 Å². The summed E-state index contributed by atoms with van der Waals surface area (Å²) in [4.78, 5) is 2.35. The number of benzene rings is 3. The maximum absolute atomic E-state index is 9.41. The molecule has 0 saturated heterocycles. The SMILES string of the molecule is CCN(CC)c1ccc2cc(-c3ccc(C)cc3C#N)ccc2c1. The number of hydrogen-bond donors (Lipinski definition) is 0. The molecule has 0 N–H and O–H groups in total. The number of hydrogen-bond acceptors (Lipinski definition) is 2. The van der Waals surface area contributed by atoms with Gasteiger partial charge in [0.15, 0.2) is 0 Å². The Balaban J connectivity index is 2.07. The van der Waals surface area contributed by atoms with E-state index in [1.54, 1.807) is 0 Å². The predicted octanol–water partition coefficient (Wildman–Crippen LogP) is 5.53. The Hall–Kier alpha value is -2.79. The first-order valence-electron chi connectivity index (χ1n) is 8.46. The number of rotatable bonds is 4. The molecule has 0 unspecified atom stereocenters. The van der Waals surface area contributed by atoms with Gasteiger partial charge in [-0.2, -0.15) is 5.26 Å². The van der Waals surface area contributed by atoms with Gasteiger partial charge in [-0.15, -0.1) is 0 Å². The van der Waals surface area contributed by atoms with Crippen LogP contribution < -0.4 is 4.90 Å². The monoisotopic (exact) mass is 314 g/mol. The maximum Gasteiger partial charge on any atom is 0.0998 e. The summed E-state index contributed by atoms with van der Waals surface area (Å²) in [6.07, 6.45) is 0. The molecule has 0 aliphatic heterocycles. The van der Waals surface area contributed by atoms with E-state index < -0.39 is 0 Å². The molecule has 0 aliphatic carbocycles. The lowest BCUT2D eigenvalue weighted by Crippen LogP contribution is -2.21. The van der Waals surface area contributed by atoms with Crippen molar-refractivity contribution in [1.29, 1.82) is 5.26 Å². The van der Waals surface area contributed by atoms with E-state index in [2.05, 4.69) is 67.3 Å². The number of anilines is 1. The predicted molar refractivity (Wildman–Crippen MR) is 102 cm³/mol. The fourth-order valence-corrected chi connectivity index (χ4v) is 3.19. The highest BCUT2D eigenvalue weighted by atomic mass is 15.1. The minimum absolute atomic E-state index is 0.731. The molecule has 0 saturated carbocycles. The van der Waals surface area contributed by atoms with E-state index in [0.717, 1.165) is 35.3 Å². The van der Waals surface area contributed by atoms with Crippen molar-refractivity contribution in [3.05, 3.63) is 65.7 Å². The molecule has 0 amide bonds. The Labute approximate surface area is 144 Å². The molecule has 3 aromatic rings. The Morgan fingerprint density at radius 2 is 1.58 bits per heavy atom. The van der Waals surface area contributed by atoms with Crippen LogP contribution in [0.4, 0.5) is 5.69 Å². The van der Waals surface area contributed by atoms with Gasteiger partial charge in [-0.1, -0.05) is 30.3 Å². The Morgan fingerprint density at radius 3 is 2.29 bits per heavy atom. The molecule has 0 radical (unpaired) electrons. The minimum Gasteiger partial charge on any atom is -0.372 e. The quantitative estimate of drug-likeness (QED) is 0.633. The van der Waals surface area contributed by atoms with Gasteiger partial charge in [-0.3, -0.25) is 0 Å². The largest absolute Gasteiger partial charge is 0.372 e. The van der Waals surface area contributed by atoms with Gasteiger partial charge in [-0.05, 0) is 72.5 Å². The second-order valence-corrected chi connectivity index (χ2v) is 6.08. The Kier molecular flexibility index (Phi) is 4.53. The average molecular weight is 314 g/mol. The Morgan fingerprint density at radius 1 is 0.875 bits per heavy atom. The van der Waals surface area contributed by atoms with Crippen molar-refractivity contribution < 1.29 is 0 Å². The minimum atomic E-state index is 0.731. The lowest BCUT2D eigenvalue weighted by atomic mass is 9.96. The van der Waals surface area contributed by atoms with E-state index in [1.807, 2.05) is 19.1 Å². The second kappa shape index (κ2) is 6.76. The van der Waals surface area contributed by atoms with Crippen LogP contribution >= 0.6 is 0 Å². The van der Waals surface area contributed by atoms with Crippen molar-refractivity contribution in [2.75, 3.05) is 18.0 Å². The molecule has 0 spiro atoms. The fourth-order valence-electron chi connectivity index (χ4n) is 3.19. The molecule has 0 bridgehead atoms. The van der Waals surface area contributed by atoms with Gasteiger partial charge in [0, 0.05) is 18.8 Å². The maximum atomic E-state index is 9.41. The lowest BCUT2D eigenvalue weighted by molar-refractivity contribution is 0.867. The van der Waals surface area contributed by atoms with E-state index in [4.69, 9.17) is 0 Å². The van der Waals surface area contributed by atoms with Crippen molar-refractivity contribution in [3.8, 4) is 17.2 Å². The summed E-state index contributed by atoms with van der Waals surface area (Å²) in [6.45, 7) is 8.39. The summed E-state index contributed by atoms with van der Waals surface area (Å²) in [7, 11) is 0. The number of nitrogens with zero attached hydrogens (tertiary/aromatic N) is 2. The molecule has 0 atom stereocenters. The van der Waals surface area contributed by atoms with Crippen LogP contribution in [0.15, 0.2) is 54.6 Å². The van der Waals surface area contributed by atoms with Gasteiger partial charge in [0.05, 0.1) is 11.6 Å². The van der Waals surface area contributed by atoms with Crippen LogP contribution in [-0.4, -0.2) is 13.1 Å². The second-order valence-electron chi connectivity index (χ2n) is 6.08. The standard InChI is InChI=1S/C22H22N2/c1-4-24(5-2)21-10-9-17-13-19(8-7-18(17)14-21)22-11-6-16(3)12-20(22)15-23/h6-14H,4-5H2,1-3H3. The molecular weight excluding hydrogens is 292 g/mol. The van der Waals surface area contributed by atoms with E-state index in [1.165, 1.54) is 16.5 Å². The van der Waals surface area contributed by atoms with Gasteiger partial charge < -0.3 is 4.90 Å². The smallest absolute Gasteiger partial charge is 0.0998 e. The normalized spacial score (nSPS) is 10.6. The van der Waals surface area contributed by atoms with Crippen molar-refractivity contribution in [2.45, 2.75) is 20.8 Å². The molecule has 0 heterocycles. The molecule has 0 aromatic heterocycles. The molecule has 2 heteroatoms. The van der Waals surface area contributed by atoms with E-state index in [0.29, 0.717) is 0 Å². The first-order valence-corrected chi connectivity index (χ1v) is 8.46. The Bertz CT molecular complexity index is 915. The van der Waals surface area contributed by atoms with Gasteiger partial charge in [-0.25, -0.2) is 0 Å². The van der Waals surface area contributed by atoms with Gasteiger partial charge in [0.2, 0.25) is 0 Å². The van der Waals surface area contributed by atoms with Crippen molar-refractivity contribution in [2.24, 2.45) is 0 Å². The summed E-state index contributed by atoms with van der Waals surface area (Å²) in [5, 5.41) is 11.8. The zero-order valence-electron chi connectivity index (χ0n) is 14.5. The third kappa shape index (κ3) is 2.98. The van der Waals surface area contributed by atoms with Gasteiger partial charge in [0.1, 0.15) is 0 Å². The molecule has 120 valence electrons. The highest BCUT2D eigenvalue weighted by Gasteiger charge is 2.07. The average Bonchev–Trinajstić information content (AvgIpc) is 2.62. The van der Waals surface area contributed by atoms with Crippen LogP contribution in [0.25, 0.3) is 21.9 Å². The van der Waals surface area contributed by atoms with Gasteiger partial charge in [0.25, 0.3) is 0 Å². The molecule has 3 aromatic carbocycles. The summed E-state index contributed by atoms with van der Waals surface area (Å²) < 4.78 is 0. The zero-order chi connectivity index (χ0) is 17.1. The van der Waals surface area contributed by atoms with E-state index >= 15 is 0 Å². The molecule has 2 nitrogen and oxygen atoms in total. The van der Waals surface area contributed by atoms with Crippen LogP contribution in [0.1, 0.15) is 25.0 Å². The summed E-state index contributed by atoms with van der Waals surface area (Å²) in [6, 6.07) is 21.4. The van der Waals surface area contributed by atoms with Crippen LogP contribution in [0.3, 0.4) is 0 Å². The third-order valence-electron chi connectivity index (χ3n) is 4.56. The highest BCUT2D eigenvalue weighted by Crippen LogP contribution is 2.29. The fraction of sp³-hybridized carbons (Fsp3) is 0.227. The molecule has 24 heavy (non-hydrogen) atoms. The van der Waals surface area contributed by atoms with Crippen molar-refractivity contribution in [3.63, 3.8) is 0 Å². The highest BCUT2D eigenvalue weighted by molar-refractivity contribution is 5.90. The topological polar surface area (TPSA) is 27.0 Å². The van der Waals surface area contributed by atoms with E-state index in [-0.39, 0.29) is 0 Å². The van der Waals surface area contributed by atoms with Crippen LogP contribution in [0, 0.1) is 18.3 Å². The van der Waals surface area contributed by atoms with Crippen LogP contribution in [-0.2, 0) is 0 Å². The van der Waals surface area contributed by atoms with Crippen molar-refractivity contribution in [1.82, 2.24) is 0 Å². The summed E-state index contributed by atoms with van der Waals surface area (Å²) >= 11 is 0. The first kappa shape index (κ1) is 16.1. The van der Waals surface area contributed by atoms with E-state index in [9.17, 15) is 5.26 Å². The first-order chi connectivity index (χ1) is 11.7. The lowest BCUT2D eigenvalue weighted by Gasteiger charge is -2.21.